The first-order valence-electron chi connectivity index (χ1n) is 25.9. The van der Waals surface area contributed by atoms with Gasteiger partial charge in [-0.15, -0.1) is 0 Å². The van der Waals surface area contributed by atoms with Gasteiger partial charge in [0.2, 0.25) is 5.91 Å². The third-order valence-corrected chi connectivity index (χ3v) is 10.8. The van der Waals surface area contributed by atoms with Crippen molar-refractivity contribution < 1.29 is 15.0 Å². The van der Waals surface area contributed by atoms with Crippen molar-refractivity contribution in [1.29, 1.82) is 0 Å². The molecule has 0 aromatic carbocycles. The molecular weight excluding hydrogens is 771 g/mol. The van der Waals surface area contributed by atoms with E-state index in [1.807, 2.05) is 6.08 Å². The molecule has 4 heteroatoms. The highest BCUT2D eigenvalue weighted by molar-refractivity contribution is 5.76. The molecule has 0 spiro atoms. The summed E-state index contributed by atoms with van der Waals surface area (Å²) in [5.74, 6) is -0.0892. The van der Waals surface area contributed by atoms with Gasteiger partial charge >= 0.3 is 0 Å². The lowest BCUT2D eigenvalue weighted by atomic mass is 10.0. The Morgan fingerprint density at radius 1 is 0.397 bits per heavy atom. The number of rotatable bonds is 45. The van der Waals surface area contributed by atoms with Gasteiger partial charge in [-0.2, -0.15) is 0 Å². The Hall–Kier alpha value is -3.47. The molecule has 0 heterocycles. The standard InChI is InChI=1S/C59H97NO3/c1-3-5-7-9-11-13-15-17-19-21-22-23-24-25-26-27-28-29-30-31-32-33-34-35-36-37-38-39-41-43-45-47-49-51-53-55-59(63)60-57(56-61)58(62)54-52-50-48-46-44-42-40-20-18-16-14-12-10-8-6-4-2/h5,7,11,13,17-20,22-23,25-26,28-29,31-32,34-35,44,46,52,54,57-58,61-62H,3-4,6,8-10,12,14-16,21,24,27,30,33,36-43,45,47-51,53,55-56H2,1-2H3,(H,60,63)/b7-5-,13-11-,19-17-,20-18+,23-22-,26-25-,29-28-,32-31-,35-34-,46-44+,54-52+. The Bertz CT molecular complexity index is 1310. The first-order valence-corrected chi connectivity index (χ1v) is 25.9. The number of carbonyl (C=O) groups excluding carboxylic acids is 1. The van der Waals surface area contributed by atoms with Crippen molar-refractivity contribution in [2.24, 2.45) is 0 Å². The Morgan fingerprint density at radius 3 is 1.11 bits per heavy atom. The van der Waals surface area contributed by atoms with Crippen LogP contribution in [0.3, 0.4) is 0 Å². The van der Waals surface area contributed by atoms with E-state index in [1.54, 1.807) is 6.08 Å². The van der Waals surface area contributed by atoms with Crippen molar-refractivity contribution in [1.82, 2.24) is 5.32 Å². The largest absolute Gasteiger partial charge is 0.394 e. The number of nitrogens with one attached hydrogen (secondary N) is 1. The molecule has 0 aromatic rings. The molecule has 0 saturated heterocycles. The van der Waals surface area contributed by atoms with E-state index < -0.39 is 12.1 Å². The van der Waals surface area contributed by atoms with Crippen LogP contribution in [0.25, 0.3) is 0 Å². The summed E-state index contributed by atoms with van der Waals surface area (Å²) in [4.78, 5) is 12.4. The molecule has 2 unspecified atom stereocenters. The lowest BCUT2D eigenvalue weighted by Crippen LogP contribution is -2.45. The predicted octanol–water partition coefficient (Wildman–Crippen LogP) is 17.1. The number of unbranched alkanes of at least 4 members (excludes halogenated alkanes) is 18. The molecule has 356 valence electrons. The minimum Gasteiger partial charge on any atom is -0.394 e. The van der Waals surface area contributed by atoms with E-state index in [-0.39, 0.29) is 12.5 Å². The van der Waals surface area contributed by atoms with Gasteiger partial charge in [0.15, 0.2) is 0 Å². The van der Waals surface area contributed by atoms with Crippen LogP contribution in [0.15, 0.2) is 134 Å². The minimum atomic E-state index is -0.880. The van der Waals surface area contributed by atoms with E-state index >= 15 is 0 Å². The van der Waals surface area contributed by atoms with Gasteiger partial charge in [0.1, 0.15) is 0 Å². The quantitative estimate of drug-likeness (QED) is 0.0422. The molecule has 0 saturated carbocycles. The number of allylic oxidation sites excluding steroid dienone is 21. The van der Waals surface area contributed by atoms with Crippen molar-refractivity contribution in [3.63, 3.8) is 0 Å². The van der Waals surface area contributed by atoms with Crippen molar-refractivity contribution in [2.45, 2.75) is 225 Å². The van der Waals surface area contributed by atoms with Gasteiger partial charge in [-0.3, -0.25) is 4.79 Å². The summed E-state index contributed by atoms with van der Waals surface area (Å²) in [6, 6.07) is -0.657. The van der Waals surface area contributed by atoms with E-state index in [1.165, 1.54) is 96.3 Å². The molecule has 2 atom stereocenters. The van der Waals surface area contributed by atoms with Crippen LogP contribution >= 0.6 is 0 Å². The molecule has 0 aliphatic heterocycles. The van der Waals surface area contributed by atoms with E-state index in [0.29, 0.717) is 6.42 Å². The topological polar surface area (TPSA) is 69.6 Å². The smallest absolute Gasteiger partial charge is 0.220 e. The minimum absolute atomic E-state index is 0.0892. The van der Waals surface area contributed by atoms with Crippen molar-refractivity contribution in [2.75, 3.05) is 6.61 Å². The zero-order valence-electron chi connectivity index (χ0n) is 40.8. The molecule has 63 heavy (non-hydrogen) atoms. The Balaban J connectivity index is 3.65. The Morgan fingerprint density at radius 2 is 0.714 bits per heavy atom. The first kappa shape index (κ1) is 59.5. The fourth-order valence-corrected chi connectivity index (χ4v) is 6.93. The Kier molecular flexibility index (Phi) is 50.0. The van der Waals surface area contributed by atoms with Gasteiger partial charge in [-0.05, 0) is 109 Å². The van der Waals surface area contributed by atoms with Crippen LogP contribution in [0, 0.1) is 0 Å². The second kappa shape index (κ2) is 52.9. The lowest BCUT2D eigenvalue weighted by Gasteiger charge is -2.19. The number of amides is 1. The summed E-state index contributed by atoms with van der Waals surface area (Å²) in [5.41, 5.74) is 0. The molecule has 0 radical (unpaired) electrons. The van der Waals surface area contributed by atoms with Gasteiger partial charge in [-0.25, -0.2) is 0 Å². The summed E-state index contributed by atoms with van der Waals surface area (Å²) in [5, 5.41) is 23.0. The van der Waals surface area contributed by atoms with E-state index in [9.17, 15) is 15.0 Å². The van der Waals surface area contributed by atoms with Crippen LogP contribution in [-0.2, 0) is 4.79 Å². The summed E-state index contributed by atoms with van der Waals surface area (Å²) in [6.45, 7) is 4.15. The number of carbonyl (C=O) groups is 1. The summed E-state index contributed by atoms with van der Waals surface area (Å²) in [7, 11) is 0. The predicted molar refractivity (Wildman–Crippen MR) is 280 cm³/mol. The van der Waals surface area contributed by atoms with Crippen LogP contribution in [0.2, 0.25) is 0 Å². The maximum Gasteiger partial charge on any atom is 0.220 e. The van der Waals surface area contributed by atoms with Crippen LogP contribution in [0.4, 0.5) is 0 Å². The molecular formula is C59H97NO3. The van der Waals surface area contributed by atoms with Crippen molar-refractivity contribution in [3.8, 4) is 0 Å². The maximum atomic E-state index is 12.4. The van der Waals surface area contributed by atoms with Gasteiger partial charge < -0.3 is 15.5 Å². The summed E-state index contributed by atoms with van der Waals surface area (Å²) >= 11 is 0. The molecule has 4 nitrogen and oxygen atoms in total. The Labute approximate surface area is 390 Å². The van der Waals surface area contributed by atoms with Gasteiger partial charge in [0.25, 0.3) is 0 Å². The second-order valence-electron chi connectivity index (χ2n) is 16.8. The van der Waals surface area contributed by atoms with Gasteiger partial charge in [-0.1, -0.05) is 231 Å². The molecule has 0 aliphatic carbocycles. The number of hydrogen-bond donors (Lipinski definition) is 3. The van der Waals surface area contributed by atoms with Crippen LogP contribution in [0.1, 0.15) is 213 Å². The van der Waals surface area contributed by atoms with Crippen LogP contribution in [-0.4, -0.2) is 34.9 Å². The molecule has 0 aliphatic rings. The van der Waals surface area contributed by atoms with Gasteiger partial charge in [0, 0.05) is 6.42 Å². The third kappa shape index (κ3) is 49.4. The second-order valence-corrected chi connectivity index (χ2v) is 16.8. The third-order valence-electron chi connectivity index (χ3n) is 10.8. The molecule has 0 bridgehead atoms. The zero-order chi connectivity index (χ0) is 45.6. The van der Waals surface area contributed by atoms with Crippen LogP contribution in [0.5, 0.6) is 0 Å². The average molecular weight is 868 g/mol. The van der Waals surface area contributed by atoms with E-state index in [2.05, 4.69) is 141 Å². The van der Waals surface area contributed by atoms with Crippen LogP contribution < -0.4 is 5.32 Å². The maximum absolute atomic E-state index is 12.4. The summed E-state index contributed by atoms with van der Waals surface area (Å²) < 4.78 is 0. The SMILES string of the molecule is CC/C=C\C/C=C\C/C=C\C/C=C\C/C=C\C/C=C\C/C=C\C/C=C\CCCCCCCCCCCCC(=O)NC(CO)C(O)/C=C/CC/C=C/CC/C=C/CCCCCCCC. The molecule has 0 fully saturated rings. The highest BCUT2D eigenvalue weighted by Crippen LogP contribution is 2.13. The van der Waals surface area contributed by atoms with Gasteiger partial charge in [0.05, 0.1) is 18.8 Å². The summed E-state index contributed by atoms with van der Waals surface area (Å²) in [6.07, 6.45) is 83.0. The molecule has 0 rings (SSSR count). The number of hydrogen-bond acceptors (Lipinski definition) is 3. The van der Waals surface area contributed by atoms with Crippen molar-refractivity contribution in [3.05, 3.63) is 134 Å². The first-order chi connectivity index (χ1) is 31.2. The average Bonchev–Trinajstić information content (AvgIpc) is 3.29. The fraction of sp³-hybridized carbons (Fsp3) is 0.610. The molecule has 3 N–H and O–H groups in total. The fourth-order valence-electron chi connectivity index (χ4n) is 6.93. The highest BCUT2D eigenvalue weighted by Gasteiger charge is 2.17. The van der Waals surface area contributed by atoms with E-state index in [0.717, 1.165) is 96.3 Å². The number of aliphatic hydroxyl groups excluding tert-OH is 2. The molecule has 1 amide bonds. The lowest BCUT2D eigenvalue weighted by molar-refractivity contribution is -0.123. The zero-order valence-corrected chi connectivity index (χ0v) is 40.8. The number of aliphatic hydroxyl groups is 2. The van der Waals surface area contributed by atoms with Crippen molar-refractivity contribution >= 4 is 5.91 Å². The normalized spacial score (nSPS) is 14.0. The molecule has 0 aromatic heterocycles. The highest BCUT2D eigenvalue weighted by atomic mass is 16.3. The monoisotopic (exact) mass is 868 g/mol. The van der Waals surface area contributed by atoms with E-state index in [4.69, 9.17) is 0 Å².